The lowest BCUT2D eigenvalue weighted by molar-refractivity contribution is 0.248. The van der Waals surface area contributed by atoms with E-state index in [0.717, 1.165) is 18.5 Å². The van der Waals surface area contributed by atoms with Gasteiger partial charge in [-0.1, -0.05) is 58.0 Å². The summed E-state index contributed by atoms with van der Waals surface area (Å²) in [6, 6.07) is 14.7. The summed E-state index contributed by atoms with van der Waals surface area (Å²) in [7, 11) is 0. The largest absolute Gasteiger partial charge is 0.331 e. The van der Waals surface area contributed by atoms with E-state index in [2.05, 4.69) is 68.7 Å². The molecule has 1 aliphatic rings. The Morgan fingerprint density at radius 1 is 1.00 bits per heavy atom. The number of carbonyl (C=O) groups is 1. The molecule has 0 aromatic heterocycles. The summed E-state index contributed by atoms with van der Waals surface area (Å²) in [6.45, 7) is 8.67. The maximum absolute atomic E-state index is 12.5. The quantitative estimate of drug-likeness (QED) is 0.672. The van der Waals surface area contributed by atoms with Gasteiger partial charge in [-0.15, -0.1) is 0 Å². The fraction of sp³-hybridized carbons (Fsp3) is 0.458. The van der Waals surface area contributed by atoms with E-state index in [1.165, 1.54) is 41.5 Å². The van der Waals surface area contributed by atoms with Crippen LogP contribution in [0.2, 0.25) is 0 Å². The van der Waals surface area contributed by atoms with Crippen molar-refractivity contribution in [2.75, 3.05) is 5.32 Å². The number of carbonyl (C=O) groups excluding carboxylic acids is 1. The predicted molar refractivity (Wildman–Crippen MR) is 113 cm³/mol. The van der Waals surface area contributed by atoms with Crippen LogP contribution in [0, 0.1) is 0 Å². The van der Waals surface area contributed by atoms with Gasteiger partial charge in [0.2, 0.25) is 0 Å². The molecule has 1 atom stereocenters. The second kappa shape index (κ2) is 8.16. The van der Waals surface area contributed by atoms with Gasteiger partial charge in [0.25, 0.3) is 0 Å². The molecule has 0 saturated carbocycles. The highest BCUT2D eigenvalue weighted by Crippen LogP contribution is 2.26. The van der Waals surface area contributed by atoms with Gasteiger partial charge in [-0.25, -0.2) is 4.79 Å². The van der Waals surface area contributed by atoms with Crippen molar-refractivity contribution in [3.8, 4) is 0 Å². The first-order valence-corrected chi connectivity index (χ1v) is 10.2. The Bertz CT molecular complexity index is 787. The van der Waals surface area contributed by atoms with Crippen LogP contribution in [0.1, 0.15) is 75.3 Å². The molecule has 0 bridgehead atoms. The molecule has 0 heterocycles. The summed E-state index contributed by atoms with van der Waals surface area (Å²) in [5.41, 5.74) is 6.33. The van der Waals surface area contributed by atoms with Gasteiger partial charge in [-0.3, -0.25) is 0 Å². The van der Waals surface area contributed by atoms with Gasteiger partial charge < -0.3 is 10.6 Å². The van der Waals surface area contributed by atoms with E-state index in [1.54, 1.807) is 0 Å². The molecular weight excluding hydrogens is 332 g/mol. The Kier molecular flexibility index (Phi) is 5.88. The van der Waals surface area contributed by atoms with Gasteiger partial charge >= 0.3 is 6.03 Å². The highest BCUT2D eigenvalue weighted by molar-refractivity contribution is 5.89. The summed E-state index contributed by atoms with van der Waals surface area (Å²) in [5, 5.41) is 6.10. The van der Waals surface area contributed by atoms with Gasteiger partial charge in [0.05, 0.1) is 6.04 Å². The summed E-state index contributed by atoms with van der Waals surface area (Å²) in [6.07, 6.45) is 5.77. The molecule has 3 rings (SSSR count). The molecule has 27 heavy (non-hydrogen) atoms. The zero-order valence-corrected chi connectivity index (χ0v) is 17.1. The molecule has 144 valence electrons. The third-order valence-corrected chi connectivity index (χ3v) is 5.50. The van der Waals surface area contributed by atoms with Crippen LogP contribution in [0.15, 0.2) is 42.5 Å². The van der Waals surface area contributed by atoms with E-state index >= 15 is 0 Å². The molecule has 0 aliphatic heterocycles. The molecule has 1 unspecified atom stereocenters. The third-order valence-electron chi connectivity index (χ3n) is 5.50. The van der Waals surface area contributed by atoms with Crippen LogP contribution in [-0.2, 0) is 18.3 Å². The minimum absolute atomic E-state index is 0.0334. The molecule has 2 aromatic carbocycles. The van der Waals surface area contributed by atoms with Crippen molar-refractivity contribution in [3.63, 3.8) is 0 Å². The summed E-state index contributed by atoms with van der Waals surface area (Å²) >= 11 is 0. The highest BCUT2D eigenvalue weighted by Gasteiger charge is 2.17. The number of nitrogens with one attached hydrogen (secondary N) is 2. The maximum Gasteiger partial charge on any atom is 0.319 e. The smallest absolute Gasteiger partial charge is 0.319 e. The predicted octanol–water partition coefficient (Wildman–Crippen LogP) is 6.14. The number of aryl methyl sites for hydroxylation is 2. The summed E-state index contributed by atoms with van der Waals surface area (Å²) in [4.78, 5) is 12.5. The van der Waals surface area contributed by atoms with Crippen LogP contribution >= 0.6 is 0 Å². The number of benzene rings is 2. The Morgan fingerprint density at radius 3 is 2.30 bits per heavy atom. The van der Waals surface area contributed by atoms with E-state index in [4.69, 9.17) is 0 Å². The van der Waals surface area contributed by atoms with Crippen LogP contribution in [0.25, 0.3) is 0 Å². The Balaban J connectivity index is 1.65. The molecule has 1 aliphatic carbocycles. The second-order valence-corrected chi connectivity index (χ2v) is 8.62. The van der Waals surface area contributed by atoms with E-state index in [9.17, 15) is 4.79 Å². The lowest BCUT2D eigenvalue weighted by Gasteiger charge is -2.22. The molecule has 2 N–H and O–H groups in total. The summed E-state index contributed by atoms with van der Waals surface area (Å²) < 4.78 is 0. The zero-order valence-electron chi connectivity index (χ0n) is 17.1. The van der Waals surface area contributed by atoms with Gasteiger partial charge in [-0.05, 0) is 71.9 Å². The molecule has 0 radical (unpaired) electrons. The number of hydrogen-bond donors (Lipinski definition) is 2. The molecule has 0 fully saturated rings. The maximum atomic E-state index is 12.5. The minimum Gasteiger partial charge on any atom is -0.331 e. The molecule has 2 aromatic rings. The van der Waals surface area contributed by atoms with Crippen LogP contribution in [0.4, 0.5) is 10.5 Å². The second-order valence-electron chi connectivity index (χ2n) is 8.62. The Morgan fingerprint density at radius 2 is 1.67 bits per heavy atom. The molecule has 0 spiro atoms. The normalized spacial score (nSPS) is 15.0. The fourth-order valence-electron chi connectivity index (χ4n) is 3.77. The van der Waals surface area contributed by atoms with Crippen molar-refractivity contribution in [3.05, 3.63) is 64.7 Å². The number of fused-ring (bicyclic) bond motifs is 1. The topological polar surface area (TPSA) is 41.1 Å². The van der Waals surface area contributed by atoms with Gasteiger partial charge in [0.1, 0.15) is 0 Å². The van der Waals surface area contributed by atoms with Gasteiger partial charge in [0, 0.05) is 5.69 Å². The lowest BCUT2D eigenvalue weighted by Crippen LogP contribution is -2.32. The minimum atomic E-state index is -0.150. The first-order valence-electron chi connectivity index (χ1n) is 10.2. The third kappa shape index (κ3) is 4.91. The SMILES string of the molecule is CCC(NC(=O)Nc1ccc(C(C)(C)C)cc1)c1ccc2c(c1)CCCC2. The number of hydrogen-bond acceptors (Lipinski definition) is 1. The van der Waals surface area contributed by atoms with Crippen LogP contribution in [0.5, 0.6) is 0 Å². The zero-order chi connectivity index (χ0) is 19.4. The highest BCUT2D eigenvalue weighted by atomic mass is 16.2. The van der Waals surface area contributed by atoms with Gasteiger partial charge in [-0.2, -0.15) is 0 Å². The molecule has 0 saturated heterocycles. The van der Waals surface area contributed by atoms with Gasteiger partial charge in [0.15, 0.2) is 0 Å². The van der Waals surface area contributed by atoms with E-state index < -0.39 is 0 Å². The molecule has 3 heteroatoms. The number of rotatable bonds is 4. The fourth-order valence-corrected chi connectivity index (χ4v) is 3.77. The molecule has 3 nitrogen and oxygen atoms in total. The number of amides is 2. The van der Waals surface area contributed by atoms with E-state index in [1.807, 2.05) is 12.1 Å². The standard InChI is InChI=1S/C24H32N2O/c1-5-22(19-11-10-17-8-6-7-9-18(17)16-19)26-23(27)25-21-14-12-20(13-15-21)24(2,3)4/h10-16,22H,5-9H2,1-4H3,(H2,25,26,27). The first kappa shape index (κ1) is 19.5. The Labute approximate surface area is 163 Å². The van der Waals surface area contributed by atoms with Crippen molar-refractivity contribution >= 4 is 11.7 Å². The first-order chi connectivity index (χ1) is 12.9. The Hall–Kier alpha value is -2.29. The van der Waals surface area contributed by atoms with Crippen molar-refractivity contribution < 1.29 is 4.79 Å². The van der Waals surface area contributed by atoms with Crippen molar-refractivity contribution in [2.24, 2.45) is 0 Å². The molecular formula is C24H32N2O. The lowest BCUT2D eigenvalue weighted by atomic mass is 9.87. The number of anilines is 1. The van der Waals surface area contributed by atoms with Crippen LogP contribution < -0.4 is 10.6 Å². The van der Waals surface area contributed by atoms with Crippen molar-refractivity contribution in [2.45, 2.75) is 71.3 Å². The van der Waals surface area contributed by atoms with Crippen LogP contribution in [-0.4, -0.2) is 6.03 Å². The van der Waals surface area contributed by atoms with Crippen molar-refractivity contribution in [1.82, 2.24) is 5.32 Å². The van der Waals surface area contributed by atoms with Crippen LogP contribution in [0.3, 0.4) is 0 Å². The van der Waals surface area contributed by atoms with E-state index in [-0.39, 0.29) is 17.5 Å². The van der Waals surface area contributed by atoms with Crippen molar-refractivity contribution in [1.29, 1.82) is 0 Å². The number of urea groups is 1. The average molecular weight is 365 g/mol. The average Bonchev–Trinajstić information content (AvgIpc) is 2.65. The monoisotopic (exact) mass is 364 g/mol. The summed E-state index contributed by atoms with van der Waals surface area (Å²) in [5.74, 6) is 0. The molecule has 2 amide bonds. The van der Waals surface area contributed by atoms with E-state index in [0.29, 0.717) is 0 Å².